The Labute approximate surface area is 44.1 Å². The van der Waals surface area contributed by atoms with Gasteiger partial charge in [-0.25, -0.2) is 0 Å². The predicted molar refractivity (Wildman–Crippen MR) is 3.93 cm³/mol. The second-order valence-corrected chi connectivity index (χ2v) is 0. The zero-order valence-corrected chi connectivity index (χ0v) is 3.66. The monoisotopic (exact) mass is 146 g/mol. The molecular weight excluding hydrogens is 146 g/mol. The number of rotatable bonds is 0. The molecule has 1 nitrogen and oxygen atoms in total. The van der Waals surface area contributed by atoms with Crippen molar-refractivity contribution in [1.82, 2.24) is 0 Å². The Hall–Kier alpha value is 0.813. The van der Waals surface area contributed by atoms with Crippen molar-refractivity contribution in [2.24, 2.45) is 0 Å². The molecule has 0 aliphatic heterocycles. The molecule has 4 heavy (non-hydrogen) atoms. The first-order chi connectivity index (χ1) is 1.00. The third-order valence-corrected chi connectivity index (χ3v) is 0. The SMILES string of the molecule is [C].[Co].[O]=[Co]. The summed E-state index contributed by atoms with van der Waals surface area (Å²) in [5.74, 6) is 0. The molecule has 0 N–H and O–H groups in total. The van der Waals surface area contributed by atoms with Crippen LogP contribution in [0.15, 0.2) is 0 Å². The summed E-state index contributed by atoms with van der Waals surface area (Å²) >= 11 is 2.31. The first-order valence-corrected chi connectivity index (χ1v) is 0.561. The van der Waals surface area contributed by atoms with Crippen molar-refractivity contribution < 1.29 is 36.3 Å². The Balaban J connectivity index is -0.00000000500. The van der Waals surface area contributed by atoms with Gasteiger partial charge in [-0.15, -0.1) is 0 Å². The van der Waals surface area contributed by atoms with Gasteiger partial charge in [0.05, 0.1) is 0 Å². The normalized spacial score (nSPS) is 1.25. The second kappa shape index (κ2) is 45.6. The van der Waals surface area contributed by atoms with Crippen molar-refractivity contribution >= 4 is 0 Å². The Morgan fingerprint density at radius 1 is 1.25 bits per heavy atom. The van der Waals surface area contributed by atoms with Gasteiger partial charge in [-0.3, -0.25) is 0 Å². The first-order valence-electron chi connectivity index (χ1n) is 0.136. The van der Waals surface area contributed by atoms with Gasteiger partial charge < -0.3 is 0 Å². The average Bonchev–Trinajstić information content (AvgIpc) is 1.00. The number of hydrogen-bond donors (Lipinski definition) is 0. The zero-order chi connectivity index (χ0) is 2.00. The quantitative estimate of drug-likeness (QED) is 0.468. The van der Waals surface area contributed by atoms with Gasteiger partial charge in [0.2, 0.25) is 0 Å². The van der Waals surface area contributed by atoms with Gasteiger partial charge in [0.15, 0.2) is 0 Å². The summed E-state index contributed by atoms with van der Waals surface area (Å²) in [4.78, 5) is 0. The number of hydrogen-bond acceptors (Lipinski definition) is 1. The Morgan fingerprint density at radius 2 is 1.25 bits per heavy atom. The molecule has 0 aliphatic rings. The van der Waals surface area contributed by atoms with Gasteiger partial charge in [0, 0.05) is 24.2 Å². The Kier molecular flexibility index (Phi) is 243. The van der Waals surface area contributed by atoms with E-state index < -0.39 is 0 Å². The fourth-order valence-corrected chi connectivity index (χ4v) is 0. The summed E-state index contributed by atoms with van der Waals surface area (Å²) in [6.07, 6.45) is 0. The van der Waals surface area contributed by atoms with Gasteiger partial charge in [0.1, 0.15) is 0 Å². The maximum absolute atomic E-state index is 7.94. The van der Waals surface area contributed by atoms with E-state index >= 15 is 0 Å². The minimum atomic E-state index is 0. The van der Waals surface area contributed by atoms with Crippen LogP contribution in [0.4, 0.5) is 0 Å². The molecule has 3 heteroatoms. The van der Waals surface area contributed by atoms with Crippen molar-refractivity contribution in [3.05, 3.63) is 7.43 Å². The van der Waals surface area contributed by atoms with Crippen LogP contribution in [0.2, 0.25) is 0 Å². The van der Waals surface area contributed by atoms with E-state index in [0.29, 0.717) is 0 Å². The molecule has 0 aliphatic carbocycles. The van der Waals surface area contributed by atoms with E-state index in [-0.39, 0.29) is 24.2 Å². The molecule has 5 radical (unpaired) electrons. The first kappa shape index (κ1) is 21.3. The molecule has 0 aromatic carbocycles. The summed E-state index contributed by atoms with van der Waals surface area (Å²) < 4.78 is 7.94. The molecule has 0 unspecified atom stereocenters. The molecule has 0 heterocycles. The van der Waals surface area contributed by atoms with Crippen LogP contribution in [0.5, 0.6) is 0 Å². The molecule has 0 amide bonds. The summed E-state index contributed by atoms with van der Waals surface area (Å²) in [5, 5.41) is 0. The molecule has 0 spiro atoms. The van der Waals surface area contributed by atoms with E-state index in [1.807, 2.05) is 0 Å². The van der Waals surface area contributed by atoms with E-state index in [0.717, 1.165) is 0 Å². The minimum absolute atomic E-state index is 0. The van der Waals surface area contributed by atoms with Crippen LogP contribution >= 0.6 is 0 Å². The van der Waals surface area contributed by atoms with E-state index in [1.165, 1.54) is 0 Å². The van der Waals surface area contributed by atoms with Gasteiger partial charge in [-0.1, -0.05) is 0 Å². The standard InChI is InChI=1S/C.2Co.O. The van der Waals surface area contributed by atoms with Crippen molar-refractivity contribution in [1.29, 1.82) is 0 Å². The third-order valence-electron chi connectivity index (χ3n) is 0. The van der Waals surface area contributed by atoms with Crippen molar-refractivity contribution in [3.63, 3.8) is 0 Å². The van der Waals surface area contributed by atoms with Crippen molar-refractivity contribution in [2.75, 3.05) is 0 Å². The fraction of sp³-hybridized carbons (Fsp3) is 0. The van der Waals surface area contributed by atoms with Crippen LogP contribution in [-0.2, 0) is 36.3 Å². The van der Waals surface area contributed by atoms with Crippen LogP contribution in [0.3, 0.4) is 0 Å². The van der Waals surface area contributed by atoms with Crippen LogP contribution in [-0.4, -0.2) is 0 Å². The van der Waals surface area contributed by atoms with Gasteiger partial charge in [-0.05, 0) is 0 Å². The molecule has 0 saturated carbocycles. The van der Waals surface area contributed by atoms with Crippen LogP contribution in [0.25, 0.3) is 0 Å². The molecule has 0 aromatic heterocycles. The van der Waals surface area contributed by atoms with Crippen LogP contribution < -0.4 is 0 Å². The second-order valence-electron chi connectivity index (χ2n) is 0. The summed E-state index contributed by atoms with van der Waals surface area (Å²) in [7, 11) is 0. The van der Waals surface area contributed by atoms with Crippen molar-refractivity contribution in [2.45, 2.75) is 0 Å². The zero-order valence-electron chi connectivity index (χ0n) is 1.57. The van der Waals surface area contributed by atoms with Gasteiger partial charge >= 0.3 is 19.5 Å². The van der Waals surface area contributed by atoms with Crippen LogP contribution in [0, 0.1) is 7.43 Å². The Bertz CT molecular complexity index is 6.00. The van der Waals surface area contributed by atoms with Gasteiger partial charge in [-0.2, -0.15) is 0 Å². The molecule has 0 rings (SSSR count). The van der Waals surface area contributed by atoms with Crippen molar-refractivity contribution in [3.8, 4) is 0 Å². The average molecular weight is 146 g/mol. The fourth-order valence-electron chi connectivity index (χ4n) is 0. The topological polar surface area (TPSA) is 17.1 Å². The van der Waals surface area contributed by atoms with E-state index in [1.54, 1.807) is 0 Å². The Morgan fingerprint density at radius 3 is 1.25 bits per heavy atom. The molecule has 28 valence electrons. The molecular formula is CCo2O. The van der Waals surface area contributed by atoms with E-state index in [2.05, 4.69) is 15.7 Å². The summed E-state index contributed by atoms with van der Waals surface area (Å²) in [6, 6.07) is 0. The molecule has 0 aromatic rings. The summed E-state index contributed by atoms with van der Waals surface area (Å²) in [6.45, 7) is 0. The molecule has 0 atom stereocenters. The molecule has 0 saturated heterocycles. The van der Waals surface area contributed by atoms with E-state index in [4.69, 9.17) is 3.87 Å². The molecule has 0 bridgehead atoms. The third kappa shape index (κ3) is 14.0. The van der Waals surface area contributed by atoms with Gasteiger partial charge in [0.25, 0.3) is 0 Å². The van der Waals surface area contributed by atoms with Crippen LogP contribution in [0.1, 0.15) is 0 Å². The summed E-state index contributed by atoms with van der Waals surface area (Å²) in [5.41, 5.74) is 0. The van der Waals surface area contributed by atoms with E-state index in [9.17, 15) is 0 Å². The maximum atomic E-state index is 7.94. The predicted octanol–water partition coefficient (Wildman–Crippen LogP) is -0.0425. The molecule has 0 fully saturated rings.